The van der Waals surface area contributed by atoms with Crippen molar-refractivity contribution in [3.63, 3.8) is 0 Å². The van der Waals surface area contributed by atoms with Gasteiger partial charge in [0.25, 0.3) is 0 Å². The first-order chi connectivity index (χ1) is 7.60. The number of carbonyl (C=O) groups excluding carboxylic acids is 2. The zero-order valence-corrected chi connectivity index (χ0v) is 11.8. The van der Waals surface area contributed by atoms with Gasteiger partial charge in [-0.1, -0.05) is 34.6 Å². The van der Waals surface area contributed by atoms with Crippen LogP contribution in [0, 0.1) is 10.8 Å². The van der Waals surface area contributed by atoms with Crippen LogP contribution in [0.5, 0.6) is 0 Å². The molecule has 17 heavy (non-hydrogen) atoms. The van der Waals surface area contributed by atoms with Crippen molar-refractivity contribution in [1.82, 2.24) is 5.32 Å². The van der Waals surface area contributed by atoms with Gasteiger partial charge < -0.3 is 10.1 Å². The lowest BCUT2D eigenvalue weighted by Crippen LogP contribution is -2.42. The Kier molecular flexibility index (Phi) is 5.66. The maximum atomic E-state index is 11.5. The van der Waals surface area contributed by atoms with Crippen LogP contribution < -0.4 is 5.32 Å². The van der Waals surface area contributed by atoms with Gasteiger partial charge in [0.1, 0.15) is 6.42 Å². The minimum atomic E-state index is -0.474. The molecule has 0 fully saturated rings. The second kappa shape index (κ2) is 6.03. The fourth-order valence-corrected chi connectivity index (χ4v) is 0.990. The second-order valence-corrected chi connectivity index (χ2v) is 5.89. The van der Waals surface area contributed by atoms with E-state index in [9.17, 15) is 9.59 Å². The summed E-state index contributed by atoms with van der Waals surface area (Å²) in [5.41, 5.74) is 0.0571. The van der Waals surface area contributed by atoms with E-state index >= 15 is 0 Å². The van der Waals surface area contributed by atoms with Crippen LogP contribution in [0.1, 0.15) is 48.0 Å². The van der Waals surface area contributed by atoms with E-state index in [1.165, 1.54) is 0 Å². The number of hydrogen-bond acceptors (Lipinski definition) is 3. The molecule has 0 saturated heterocycles. The van der Waals surface area contributed by atoms with E-state index in [-0.39, 0.29) is 23.2 Å². The SMILES string of the molecule is CCOC(=O)CC(=O)NCC(C)(C)C(C)(C)C. The molecule has 4 heteroatoms. The van der Waals surface area contributed by atoms with Crippen molar-refractivity contribution >= 4 is 11.9 Å². The molecule has 0 unspecified atom stereocenters. The predicted molar refractivity (Wildman–Crippen MR) is 67.5 cm³/mol. The average molecular weight is 243 g/mol. The first-order valence-corrected chi connectivity index (χ1v) is 6.02. The van der Waals surface area contributed by atoms with E-state index in [0.29, 0.717) is 13.2 Å². The summed E-state index contributed by atoms with van der Waals surface area (Å²) in [4.78, 5) is 22.6. The number of ether oxygens (including phenoxy) is 1. The predicted octanol–water partition coefficient (Wildman–Crippen LogP) is 2.13. The molecule has 0 aromatic heterocycles. The van der Waals surface area contributed by atoms with Crippen molar-refractivity contribution in [1.29, 1.82) is 0 Å². The standard InChI is InChI=1S/C13H25NO3/c1-7-17-11(16)8-10(15)14-9-13(5,6)12(2,3)4/h7-9H2,1-6H3,(H,14,15). The molecular formula is C13H25NO3. The molecule has 0 rings (SSSR count). The highest BCUT2D eigenvalue weighted by atomic mass is 16.5. The Bertz CT molecular complexity index is 277. The summed E-state index contributed by atoms with van der Waals surface area (Å²) in [7, 11) is 0. The van der Waals surface area contributed by atoms with Crippen LogP contribution >= 0.6 is 0 Å². The number of hydrogen-bond donors (Lipinski definition) is 1. The van der Waals surface area contributed by atoms with Crippen molar-refractivity contribution < 1.29 is 14.3 Å². The quantitative estimate of drug-likeness (QED) is 0.594. The zero-order valence-electron chi connectivity index (χ0n) is 11.8. The molecule has 0 aliphatic heterocycles. The normalized spacial score (nSPS) is 12.1. The smallest absolute Gasteiger partial charge is 0.315 e. The van der Waals surface area contributed by atoms with Crippen LogP contribution in [-0.4, -0.2) is 25.0 Å². The fourth-order valence-electron chi connectivity index (χ4n) is 0.990. The summed E-state index contributed by atoms with van der Waals surface area (Å²) in [6.45, 7) is 13.2. The van der Waals surface area contributed by atoms with Gasteiger partial charge in [-0.25, -0.2) is 0 Å². The minimum absolute atomic E-state index is 0.0304. The summed E-state index contributed by atoms with van der Waals surface area (Å²) in [5.74, 6) is -0.751. The van der Waals surface area contributed by atoms with E-state index in [0.717, 1.165) is 0 Å². The van der Waals surface area contributed by atoms with E-state index in [4.69, 9.17) is 4.74 Å². The monoisotopic (exact) mass is 243 g/mol. The van der Waals surface area contributed by atoms with Gasteiger partial charge in [-0.05, 0) is 17.8 Å². The van der Waals surface area contributed by atoms with Gasteiger partial charge in [0.05, 0.1) is 6.61 Å². The molecule has 0 aliphatic rings. The Labute approximate surface area is 104 Å². The number of nitrogens with one attached hydrogen (secondary N) is 1. The second-order valence-electron chi connectivity index (χ2n) is 5.89. The molecule has 1 N–H and O–H groups in total. The third-order valence-corrected chi connectivity index (χ3v) is 3.37. The first kappa shape index (κ1) is 15.9. The zero-order chi connectivity index (χ0) is 13.7. The van der Waals surface area contributed by atoms with Gasteiger partial charge in [0.15, 0.2) is 0 Å². The van der Waals surface area contributed by atoms with Crippen LogP contribution in [0.15, 0.2) is 0 Å². The molecule has 0 saturated carbocycles. The molecule has 0 aliphatic carbocycles. The lowest BCUT2D eigenvalue weighted by molar-refractivity contribution is -0.146. The number of carbonyl (C=O) groups is 2. The van der Waals surface area contributed by atoms with Gasteiger partial charge >= 0.3 is 5.97 Å². The molecule has 0 spiro atoms. The Balaban J connectivity index is 4.13. The van der Waals surface area contributed by atoms with E-state index in [1.54, 1.807) is 6.92 Å². The summed E-state index contributed by atoms with van der Waals surface area (Å²) >= 11 is 0. The van der Waals surface area contributed by atoms with Gasteiger partial charge in [-0.2, -0.15) is 0 Å². The van der Waals surface area contributed by atoms with Crippen LogP contribution in [0.4, 0.5) is 0 Å². The maximum absolute atomic E-state index is 11.5. The number of amides is 1. The molecule has 4 nitrogen and oxygen atoms in total. The van der Waals surface area contributed by atoms with E-state index in [2.05, 4.69) is 39.9 Å². The highest BCUT2D eigenvalue weighted by Crippen LogP contribution is 2.36. The van der Waals surface area contributed by atoms with Crippen LogP contribution in [0.2, 0.25) is 0 Å². The molecule has 0 aromatic carbocycles. The Morgan fingerprint density at radius 1 is 1.12 bits per heavy atom. The first-order valence-electron chi connectivity index (χ1n) is 6.02. The van der Waals surface area contributed by atoms with Crippen molar-refractivity contribution in [3.8, 4) is 0 Å². The molecule has 0 heterocycles. The highest BCUT2D eigenvalue weighted by molar-refractivity contribution is 5.94. The van der Waals surface area contributed by atoms with Crippen LogP contribution in [0.25, 0.3) is 0 Å². The van der Waals surface area contributed by atoms with Crippen molar-refractivity contribution in [2.24, 2.45) is 10.8 Å². The highest BCUT2D eigenvalue weighted by Gasteiger charge is 2.32. The largest absolute Gasteiger partial charge is 0.466 e. The van der Waals surface area contributed by atoms with Gasteiger partial charge in [-0.15, -0.1) is 0 Å². The maximum Gasteiger partial charge on any atom is 0.315 e. The van der Waals surface area contributed by atoms with Gasteiger partial charge in [0, 0.05) is 6.54 Å². The van der Waals surface area contributed by atoms with E-state index < -0.39 is 5.97 Å². The van der Waals surface area contributed by atoms with Crippen molar-refractivity contribution in [2.75, 3.05) is 13.2 Å². The van der Waals surface area contributed by atoms with Crippen LogP contribution in [0.3, 0.4) is 0 Å². The number of esters is 1. The molecule has 0 radical (unpaired) electrons. The summed E-state index contributed by atoms with van der Waals surface area (Å²) in [6, 6.07) is 0. The Morgan fingerprint density at radius 3 is 2.06 bits per heavy atom. The lowest BCUT2D eigenvalue weighted by Gasteiger charge is -2.38. The van der Waals surface area contributed by atoms with E-state index in [1.807, 2.05) is 0 Å². The lowest BCUT2D eigenvalue weighted by atomic mass is 9.69. The Hall–Kier alpha value is -1.06. The van der Waals surface area contributed by atoms with Crippen molar-refractivity contribution in [3.05, 3.63) is 0 Å². The average Bonchev–Trinajstić information content (AvgIpc) is 2.13. The third-order valence-electron chi connectivity index (χ3n) is 3.37. The summed E-state index contributed by atoms with van der Waals surface area (Å²) in [5, 5.41) is 2.78. The minimum Gasteiger partial charge on any atom is -0.466 e. The van der Waals surface area contributed by atoms with Gasteiger partial charge in [0.2, 0.25) is 5.91 Å². The fraction of sp³-hybridized carbons (Fsp3) is 0.846. The summed E-state index contributed by atoms with van der Waals surface area (Å²) in [6.07, 6.45) is -0.200. The molecule has 100 valence electrons. The Morgan fingerprint density at radius 2 is 1.65 bits per heavy atom. The summed E-state index contributed by atoms with van der Waals surface area (Å²) < 4.78 is 4.71. The van der Waals surface area contributed by atoms with Gasteiger partial charge in [-0.3, -0.25) is 9.59 Å². The number of rotatable bonds is 5. The molecule has 0 atom stereocenters. The topological polar surface area (TPSA) is 55.4 Å². The molecule has 0 bridgehead atoms. The van der Waals surface area contributed by atoms with Crippen molar-refractivity contribution in [2.45, 2.75) is 48.0 Å². The molecular weight excluding hydrogens is 218 g/mol. The molecule has 0 aromatic rings. The third kappa shape index (κ3) is 5.71. The van der Waals surface area contributed by atoms with Crippen LogP contribution in [-0.2, 0) is 14.3 Å². The molecule has 1 amide bonds.